The van der Waals surface area contributed by atoms with Crippen LogP contribution in [-0.4, -0.2) is 65.3 Å². The van der Waals surface area contributed by atoms with Crippen molar-refractivity contribution in [1.82, 2.24) is 20.0 Å². The Morgan fingerprint density at radius 2 is 1.81 bits per heavy atom. The minimum absolute atomic E-state index is 0.106. The van der Waals surface area contributed by atoms with Crippen molar-refractivity contribution in [3.63, 3.8) is 0 Å². The number of anilines is 1. The number of likely N-dealkylation sites (N-methyl/N-ethyl adjacent to an activating group) is 1. The van der Waals surface area contributed by atoms with Crippen LogP contribution in [0.5, 0.6) is 0 Å². The molecule has 0 radical (unpaired) electrons. The second-order valence-electron chi connectivity index (χ2n) is 8.80. The summed E-state index contributed by atoms with van der Waals surface area (Å²) in [5.41, 5.74) is 4.35. The van der Waals surface area contributed by atoms with Crippen molar-refractivity contribution in [2.45, 2.75) is 45.3 Å². The van der Waals surface area contributed by atoms with Gasteiger partial charge in [-0.2, -0.15) is 0 Å². The van der Waals surface area contributed by atoms with Gasteiger partial charge in [-0.05, 0) is 43.5 Å². The molecule has 3 heterocycles. The number of amides is 3. The number of para-hydroxylation sites is 1. The van der Waals surface area contributed by atoms with Crippen molar-refractivity contribution in [2.75, 3.05) is 25.0 Å². The Bertz CT molecular complexity index is 1010. The Balaban J connectivity index is 1.45. The molecule has 7 nitrogen and oxygen atoms in total. The van der Waals surface area contributed by atoms with Gasteiger partial charge in [0.25, 0.3) is 5.91 Å². The highest BCUT2D eigenvalue weighted by atomic mass is 16.2. The number of fused-ring (bicyclic) bond motifs is 3. The predicted molar refractivity (Wildman–Crippen MR) is 119 cm³/mol. The van der Waals surface area contributed by atoms with Gasteiger partial charge in [0.05, 0.1) is 6.54 Å². The lowest BCUT2D eigenvalue weighted by Gasteiger charge is -2.44. The smallest absolute Gasteiger partial charge is 0.328 e. The lowest BCUT2D eigenvalue weighted by atomic mass is 10.0. The SMILES string of the molecule is Cc1ccc(C)c(CN2C(=O)C3C(NC4N(c5ccccc5)CCCN34)N(C)C2=O)c1. The van der Waals surface area contributed by atoms with E-state index in [0.717, 1.165) is 41.9 Å². The largest absolute Gasteiger partial charge is 0.343 e. The Morgan fingerprint density at radius 1 is 1.03 bits per heavy atom. The molecular weight excluding hydrogens is 390 g/mol. The summed E-state index contributed by atoms with van der Waals surface area (Å²) in [5.74, 6) is -0.112. The topological polar surface area (TPSA) is 59.1 Å². The summed E-state index contributed by atoms with van der Waals surface area (Å²) in [6.07, 6.45) is 0.535. The van der Waals surface area contributed by atoms with Crippen molar-refractivity contribution in [3.05, 3.63) is 65.2 Å². The third-order valence-electron chi connectivity index (χ3n) is 6.79. The monoisotopic (exact) mass is 419 g/mol. The van der Waals surface area contributed by atoms with Gasteiger partial charge in [0, 0.05) is 25.8 Å². The zero-order valence-corrected chi connectivity index (χ0v) is 18.3. The van der Waals surface area contributed by atoms with Crippen LogP contribution in [0.15, 0.2) is 48.5 Å². The Morgan fingerprint density at radius 3 is 2.58 bits per heavy atom. The molecule has 1 N–H and O–H groups in total. The second-order valence-corrected chi connectivity index (χ2v) is 8.80. The molecule has 5 rings (SSSR count). The summed E-state index contributed by atoms with van der Waals surface area (Å²) in [7, 11) is 1.79. The van der Waals surface area contributed by atoms with E-state index in [1.165, 1.54) is 4.90 Å². The van der Waals surface area contributed by atoms with Crippen LogP contribution in [0.3, 0.4) is 0 Å². The number of aryl methyl sites for hydroxylation is 2. The minimum atomic E-state index is -0.385. The maximum atomic E-state index is 13.6. The lowest BCUT2D eigenvalue weighted by Crippen LogP contribution is -2.66. The summed E-state index contributed by atoms with van der Waals surface area (Å²) in [6, 6.07) is 15.8. The Kier molecular flexibility index (Phi) is 4.95. The number of imide groups is 1. The standard InChI is InChI=1S/C24H29N5O2/c1-16-10-11-17(2)18(14-16)15-29-22(30)20-21(26(3)24(29)31)25-23-27(12-7-13-28(20)23)19-8-5-4-6-9-19/h4-6,8-11,14,20-21,23,25H,7,12-13,15H2,1-3H3. The summed E-state index contributed by atoms with van der Waals surface area (Å²) in [6.45, 7) is 6.10. The van der Waals surface area contributed by atoms with E-state index in [2.05, 4.69) is 39.4 Å². The van der Waals surface area contributed by atoms with E-state index >= 15 is 0 Å². The number of carbonyl (C=O) groups is 2. The second kappa shape index (κ2) is 7.66. The third-order valence-corrected chi connectivity index (χ3v) is 6.79. The Hall–Kier alpha value is -2.90. The number of carbonyl (C=O) groups excluding carboxylic acids is 2. The molecule has 7 heteroatoms. The van der Waals surface area contributed by atoms with Crippen molar-refractivity contribution >= 4 is 17.6 Å². The average Bonchev–Trinajstić information content (AvgIpc) is 3.18. The van der Waals surface area contributed by atoms with Gasteiger partial charge in [-0.25, -0.2) is 4.79 Å². The molecule has 3 unspecified atom stereocenters. The van der Waals surface area contributed by atoms with Crippen LogP contribution < -0.4 is 10.2 Å². The molecule has 0 spiro atoms. The zero-order valence-electron chi connectivity index (χ0n) is 18.3. The fourth-order valence-corrected chi connectivity index (χ4v) is 5.09. The lowest BCUT2D eigenvalue weighted by molar-refractivity contribution is -0.139. The average molecular weight is 420 g/mol. The first-order chi connectivity index (χ1) is 15.0. The van der Waals surface area contributed by atoms with E-state index in [0.29, 0.717) is 6.54 Å². The van der Waals surface area contributed by atoms with E-state index in [4.69, 9.17) is 0 Å². The van der Waals surface area contributed by atoms with Crippen LogP contribution in [0.2, 0.25) is 0 Å². The normalized spacial score (nSPS) is 26.3. The molecule has 3 aliphatic heterocycles. The van der Waals surface area contributed by atoms with Crippen LogP contribution in [-0.2, 0) is 11.3 Å². The van der Waals surface area contributed by atoms with Gasteiger partial charge >= 0.3 is 6.03 Å². The fourth-order valence-electron chi connectivity index (χ4n) is 5.09. The van der Waals surface area contributed by atoms with Crippen molar-refractivity contribution in [2.24, 2.45) is 0 Å². The van der Waals surface area contributed by atoms with Crippen molar-refractivity contribution in [3.8, 4) is 0 Å². The predicted octanol–water partition coefficient (Wildman–Crippen LogP) is 2.49. The molecule has 0 aliphatic carbocycles. The van der Waals surface area contributed by atoms with Crippen LogP contribution in [0.4, 0.5) is 10.5 Å². The molecule has 3 fully saturated rings. The number of hydrogen-bond acceptors (Lipinski definition) is 5. The molecule has 0 aromatic heterocycles. The maximum Gasteiger partial charge on any atom is 0.328 e. The molecule has 31 heavy (non-hydrogen) atoms. The third kappa shape index (κ3) is 3.28. The van der Waals surface area contributed by atoms with Crippen molar-refractivity contribution < 1.29 is 9.59 Å². The summed E-state index contributed by atoms with van der Waals surface area (Å²) >= 11 is 0. The van der Waals surface area contributed by atoms with Gasteiger partial charge in [-0.1, -0.05) is 42.0 Å². The van der Waals surface area contributed by atoms with Gasteiger partial charge in [0.15, 0.2) is 0 Å². The van der Waals surface area contributed by atoms with Gasteiger partial charge in [0.2, 0.25) is 0 Å². The zero-order chi connectivity index (χ0) is 21.7. The van der Waals surface area contributed by atoms with Crippen LogP contribution in [0.1, 0.15) is 23.1 Å². The molecule has 2 aromatic rings. The molecule has 0 saturated carbocycles. The minimum Gasteiger partial charge on any atom is -0.343 e. The fraction of sp³-hybridized carbons (Fsp3) is 0.417. The number of hydrogen-bond donors (Lipinski definition) is 1. The van der Waals surface area contributed by atoms with Gasteiger partial charge in [0.1, 0.15) is 18.5 Å². The number of urea groups is 1. The van der Waals surface area contributed by atoms with Gasteiger partial charge in [-0.3, -0.25) is 19.9 Å². The molecule has 162 valence electrons. The molecule has 0 bridgehead atoms. The Labute approximate surface area is 183 Å². The summed E-state index contributed by atoms with van der Waals surface area (Å²) in [5, 5.41) is 3.57. The number of benzene rings is 2. The summed E-state index contributed by atoms with van der Waals surface area (Å²) < 4.78 is 0. The molecule has 2 aromatic carbocycles. The molecule has 3 aliphatic rings. The first-order valence-corrected chi connectivity index (χ1v) is 10.9. The van der Waals surface area contributed by atoms with Crippen LogP contribution >= 0.6 is 0 Å². The molecule has 3 atom stereocenters. The highest BCUT2D eigenvalue weighted by molar-refractivity contribution is 6.00. The quantitative estimate of drug-likeness (QED) is 0.828. The number of rotatable bonds is 3. The number of nitrogens with one attached hydrogen (secondary N) is 1. The van der Waals surface area contributed by atoms with E-state index in [9.17, 15) is 9.59 Å². The molecule has 3 saturated heterocycles. The highest BCUT2D eigenvalue weighted by Crippen LogP contribution is 2.33. The number of nitrogens with zero attached hydrogens (tertiary/aromatic N) is 4. The maximum absolute atomic E-state index is 13.6. The van der Waals surface area contributed by atoms with Crippen molar-refractivity contribution in [1.29, 1.82) is 0 Å². The van der Waals surface area contributed by atoms with Gasteiger partial charge < -0.3 is 9.80 Å². The van der Waals surface area contributed by atoms with E-state index < -0.39 is 0 Å². The molecular formula is C24H29N5O2. The van der Waals surface area contributed by atoms with E-state index in [-0.39, 0.29) is 30.4 Å². The van der Waals surface area contributed by atoms with Gasteiger partial charge in [-0.15, -0.1) is 0 Å². The van der Waals surface area contributed by atoms with Crippen LogP contribution in [0, 0.1) is 13.8 Å². The summed E-state index contributed by atoms with van der Waals surface area (Å²) in [4.78, 5) is 34.5. The van der Waals surface area contributed by atoms with E-state index in [1.54, 1.807) is 11.9 Å². The van der Waals surface area contributed by atoms with Crippen LogP contribution in [0.25, 0.3) is 0 Å². The molecule has 3 amide bonds. The first kappa shape index (κ1) is 20.0. The van der Waals surface area contributed by atoms with E-state index in [1.807, 2.05) is 38.1 Å². The highest BCUT2D eigenvalue weighted by Gasteiger charge is 2.56. The first-order valence-electron chi connectivity index (χ1n) is 10.9.